The molecule has 1 aromatic carbocycles. The molecule has 14 heavy (non-hydrogen) atoms. The van der Waals surface area contributed by atoms with E-state index in [9.17, 15) is 13.2 Å². The van der Waals surface area contributed by atoms with Gasteiger partial charge in [-0.3, -0.25) is 4.39 Å². The second kappa shape index (κ2) is 5.24. The molecular formula is C9H9BrF3N. The Morgan fingerprint density at radius 2 is 1.93 bits per heavy atom. The van der Waals surface area contributed by atoms with Gasteiger partial charge in [0, 0.05) is 12.6 Å². The molecule has 0 aliphatic heterocycles. The van der Waals surface area contributed by atoms with Gasteiger partial charge < -0.3 is 5.32 Å². The van der Waals surface area contributed by atoms with Gasteiger partial charge in [0.15, 0.2) is 0 Å². The van der Waals surface area contributed by atoms with E-state index in [1.807, 2.05) is 0 Å². The molecular weight excluding hydrogens is 259 g/mol. The summed E-state index contributed by atoms with van der Waals surface area (Å²) in [4.78, 5) is 0. The van der Waals surface area contributed by atoms with Crippen LogP contribution in [0, 0.1) is 11.6 Å². The normalized spacial score (nSPS) is 10.3. The molecule has 1 aromatic rings. The van der Waals surface area contributed by atoms with Crippen molar-refractivity contribution in [3.63, 3.8) is 0 Å². The van der Waals surface area contributed by atoms with E-state index in [4.69, 9.17) is 0 Å². The van der Waals surface area contributed by atoms with E-state index in [0.717, 1.165) is 12.1 Å². The van der Waals surface area contributed by atoms with Crippen LogP contribution in [0.4, 0.5) is 18.9 Å². The second-order valence-corrected chi connectivity index (χ2v) is 3.57. The van der Waals surface area contributed by atoms with Crippen molar-refractivity contribution in [3.05, 3.63) is 28.2 Å². The third-order valence-corrected chi connectivity index (χ3v) is 2.24. The number of anilines is 1. The highest BCUT2D eigenvalue weighted by molar-refractivity contribution is 9.10. The Bertz CT molecular complexity index is 317. The molecule has 0 fully saturated rings. The molecule has 0 unspecified atom stereocenters. The smallest absolute Gasteiger partial charge is 0.147 e. The Kier molecular flexibility index (Phi) is 4.25. The summed E-state index contributed by atoms with van der Waals surface area (Å²) < 4.78 is 37.8. The first kappa shape index (κ1) is 11.4. The summed E-state index contributed by atoms with van der Waals surface area (Å²) in [5.74, 6) is -1.11. The zero-order chi connectivity index (χ0) is 10.6. The minimum absolute atomic E-state index is 0.0548. The molecule has 0 aliphatic rings. The highest BCUT2D eigenvalue weighted by Gasteiger charge is 2.07. The van der Waals surface area contributed by atoms with Gasteiger partial charge in [0.25, 0.3) is 0 Å². The highest BCUT2D eigenvalue weighted by atomic mass is 79.9. The van der Waals surface area contributed by atoms with Crippen molar-refractivity contribution in [1.82, 2.24) is 0 Å². The molecule has 1 N–H and O–H groups in total. The Morgan fingerprint density at radius 1 is 1.21 bits per heavy atom. The molecule has 0 aliphatic carbocycles. The largest absolute Gasteiger partial charge is 0.382 e. The lowest BCUT2D eigenvalue weighted by atomic mass is 10.3. The summed E-state index contributed by atoms with van der Waals surface area (Å²) in [6.07, 6.45) is 0.275. The highest BCUT2D eigenvalue weighted by Crippen LogP contribution is 2.23. The van der Waals surface area contributed by atoms with Crippen LogP contribution in [0.3, 0.4) is 0 Å². The van der Waals surface area contributed by atoms with Crippen LogP contribution in [-0.4, -0.2) is 13.2 Å². The quantitative estimate of drug-likeness (QED) is 0.651. The minimum Gasteiger partial charge on any atom is -0.382 e. The number of nitrogens with one attached hydrogen (secondary N) is 1. The van der Waals surface area contributed by atoms with Crippen molar-refractivity contribution in [2.24, 2.45) is 0 Å². The molecule has 0 aromatic heterocycles. The van der Waals surface area contributed by atoms with Crippen LogP contribution in [0.2, 0.25) is 0 Å². The fraction of sp³-hybridized carbons (Fsp3) is 0.333. The van der Waals surface area contributed by atoms with Gasteiger partial charge in [0.1, 0.15) is 11.6 Å². The molecule has 0 amide bonds. The van der Waals surface area contributed by atoms with Gasteiger partial charge in [-0.05, 0) is 28.4 Å². The maximum atomic E-state index is 13.1. The minimum atomic E-state index is -0.558. The standard InChI is InChI=1S/C9H9BrF3N/c10-6-4-8(13)9(5-7(6)12)14-3-1-2-11/h4-5,14H,1-3H2. The first-order valence-corrected chi connectivity index (χ1v) is 4.89. The molecule has 0 spiro atoms. The molecule has 1 nitrogen and oxygen atoms in total. The van der Waals surface area contributed by atoms with Crippen LogP contribution in [0.1, 0.15) is 6.42 Å². The van der Waals surface area contributed by atoms with Gasteiger partial charge in [0.05, 0.1) is 16.8 Å². The zero-order valence-electron chi connectivity index (χ0n) is 7.29. The number of alkyl halides is 1. The summed E-state index contributed by atoms with van der Waals surface area (Å²) in [6, 6.07) is 2.07. The second-order valence-electron chi connectivity index (χ2n) is 2.72. The number of benzene rings is 1. The molecule has 0 saturated carbocycles. The summed E-state index contributed by atoms with van der Waals surface area (Å²) in [6.45, 7) is -0.192. The Morgan fingerprint density at radius 3 is 2.57 bits per heavy atom. The zero-order valence-corrected chi connectivity index (χ0v) is 8.87. The van der Waals surface area contributed by atoms with E-state index in [1.54, 1.807) is 0 Å². The van der Waals surface area contributed by atoms with Gasteiger partial charge in [-0.2, -0.15) is 0 Å². The fourth-order valence-corrected chi connectivity index (χ4v) is 1.26. The molecule has 1 rings (SSSR count). The number of rotatable bonds is 4. The fourth-order valence-electron chi connectivity index (χ4n) is 0.948. The van der Waals surface area contributed by atoms with Crippen LogP contribution in [-0.2, 0) is 0 Å². The van der Waals surface area contributed by atoms with Gasteiger partial charge in [0.2, 0.25) is 0 Å². The number of hydrogen-bond donors (Lipinski definition) is 1. The lowest BCUT2D eigenvalue weighted by molar-refractivity contribution is 0.480. The van der Waals surface area contributed by atoms with E-state index in [-0.39, 0.29) is 23.1 Å². The summed E-state index contributed by atoms with van der Waals surface area (Å²) in [7, 11) is 0. The monoisotopic (exact) mass is 267 g/mol. The van der Waals surface area contributed by atoms with Crippen molar-refractivity contribution >= 4 is 21.6 Å². The van der Waals surface area contributed by atoms with Gasteiger partial charge in [-0.25, -0.2) is 8.78 Å². The maximum Gasteiger partial charge on any atom is 0.147 e. The summed E-state index contributed by atoms with van der Waals surface area (Å²) in [5.41, 5.74) is 0.0548. The van der Waals surface area contributed by atoms with E-state index < -0.39 is 18.3 Å². The molecule has 78 valence electrons. The van der Waals surface area contributed by atoms with E-state index >= 15 is 0 Å². The Hall–Kier alpha value is -0.710. The lowest BCUT2D eigenvalue weighted by Gasteiger charge is -2.07. The van der Waals surface area contributed by atoms with Crippen LogP contribution < -0.4 is 5.32 Å². The van der Waals surface area contributed by atoms with Crippen LogP contribution in [0.15, 0.2) is 16.6 Å². The molecule has 0 bridgehead atoms. The summed E-state index contributed by atoms with van der Waals surface area (Å²) >= 11 is 2.86. The molecule has 5 heteroatoms. The van der Waals surface area contributed by atoms with Crippen LogP contribution >= 0.6 is 15.9 Å². The van der Waals surface area contributed by atoms with Crippen molar-refractivity contribution in [2.45, 2.75) is 6.42 Å². The molecule has 0 heterocycles. The SMILES string of the molecule is FCCCNc1cc(F)c(Br)cc1F. The van der Waals surface area contributed by atoms with Crippen LogP contribution in [0.25, 0.3) is 0 Å². The first-order chi connectivity index (χ1) is 6.65. The molecule has 0 radical (unpaired) electrons. The van der Waals surface area contributed by atoms with Gasteiger partial charge >= 0.3 is 0 Å². The van der Waals surface area contributed by atoms with E-state index in [1.165, 1.54) is 0 Å². The van der Waals surface area contributed by atoms with Crippen molar-refractivity contribution in [1.29, 1.82) is 0 Å². The predicted molar refractivity (Wildman–Crippen MR) is 53.1 cm³/mol. The third-order valence-electron chi connectivity index (χ3n) is 1.64. The third kappa shape index (κ3) is 2.90. The predicted octanol–water partition coefficient (Wildman–Crippen LogP) is 3.50. The molecule has 0 saturated heterocycles. The average Bonchev–Trinajstić information content (AvgIpc) is 2.14. The van der Waals surface area contributed by atoms with Crippen molar-refractivity contribution < 1.29 is 13.2 Å². The molecule has 0 atom stereocenters. The summed E-state index contributed by atoms with van der Waals surface area (Å²) in [5, 5.41) is 2.61. The van der Waals surface area contributed by atoms with Crippen molar-refractivity contribution in [2.75, 3.05) is 18.5 Å². The lowest BCUT2D eigenvalue weighted by Crippen LogP contribution is -2.04. The first-order valence-electron chi connectivity index (χ1n) is 4.09. The van der Waals surface area contributed by atoms with Crippen molar-refractivity contribution in [3.8, 4) is 0 Å². The number of halogens is 4. The average molecular weight is 268 g/mol. The van der Waals surface area contributed by atoms with Crippen LogP contribution in [0.5, 0.6) is 0 Å². The van der Waals surface area contributed by atoms with Gasteiger partial charge in [-0.1, -0.05) is 0 Å². The maximum absolute atomic E-state index is 13.1. The van der Waals surface area contributed by atoms with E-state index in [0.29, 0.717) is 0 Å². The van der Waals surface area contributed by atoms with E-state index in [2.05, 4.69) is 21.2 Å². The topological polar surface area (TPSA) is 12.0 Å². The Labute approximate surface area is 88.4 Å². The number of hydrogen-bond acceptors (Lipinski definition) is 1. The van der Waals surface area contributed by atoms with Gasteiger partial charge in [-0.15, -0.1) is 0 Å². The Balaban J connectivity index is 2.72.